The second-order valence-electron chi connectivity index (χ2n) is 5.40. The second kappa shape index (κ2) is 7.31. The predicted octanol–water partition coefficient (Wildman–Crippen LogP) is 2.31. The lowest BCUT2D eigenvalue weighted by Gasteiger charge is -2.35. The van der Waals surface area contributed by atoms with Crippen LogP contribution < -0.4 is 10.6 Å². The molecule has 5 nitrogen and oxygen atoms in total. The van der Waals surface area contributed by atoms with Crippen molar-refractivity contribution in [3.8, 4) is 0 Å². The fraction of sp³-hybridized carbons (Fsp3) is 0.562. The molecule has 1 saturated heterocycles. The van der Waals surface area contributed by atoms with E-state index in [-0.39, 0.29) is 5.97 Å². The Labute approximate surface area is 126 Å². The van der Waals surface area contributed by atoms with Gasteiger partial charge in [0, 0.05) is 20.2 Å². The molecule has 1 aliphatic rings. The second-order valence-corrected chi connectivity index (χ2v) is 5.40. The van der Waals surface area contributed by atoms with Crippen LogP contribution in [0.1, 0.15) is 30.1 Å². The molecule has 5 heteroatoms. The fourth-order valence-corrected chi connectivity index (χ4v) is 2.81. The molecule has 1 fully saturated rings. The monoisotopic (exact) mass is 292 g/mol. The highest BCUT2D eigenvalue weighted by Crippen LogP contribution is 2.29. The van der Waals surface area contributed by atoms with E-state index in [1.165, 1.54) is 6.42 Å². The minimum Gasteiger partial charge on any atom is -0.462 e. The number of benzene rings is 1. The first-order chi connectivity index (χ1) is 10.2. The van der Waals surface area contributed by atoms with E-state index < -0.39 is 0 Å². The number of hydrogen-bond acceptors (Lipinski definition) is 5. The van der Waals surface area contributed by atoms with Crippen LogP contribution in [0.4, 0.5) is 11.4 Å². The van der Waals surface area contributed by atoms with Crippen LogP contribution in [-0.2, 0) is 9.47 Å². The lowest BCUT2D eigenvalue weighted by Crippen LogP contribution is -2.37. The van der Waals surface area contributed by atoms with Crippen molar-refractivity contribution < 1.29 is 14.3 Å². The molecule has 2 N–H and O–H groups in total. The van der Waals surface area contributed by atoms with Crippen LogP contribution in [0.2, 0.25) is 0 Å². The van der Waals surface area contributed by atoms with Crippen molar-refractivity contribution in [2.45, 2.75) is 19.8 Å². The molecule has 0 aromatic heterocycles. The summed E-state index contributed by atoms with van der Waals surface area (Å²) in [4.78, 5) is 14.1. The summed E-state index contributed by atoms with van der Waals surface area (Å²) in [6.45, 7) is 4.79. The van der Waals surface area contributed by atoms with Gasteiger partial charge in [0.05, 0.1) is 30.2 Å². The minimum absolute atomic E-state index is 0.302. The number of methoxy groups -OCH3 is 1. The Hall–Kier alpha value is -1.75. The molecule has 0 saturated carbocycles. The summed E-state index contributed by atoms with van der Waals surface area (Å²) in [6, 6.07) is 5.33. The molecule has 0 bridgehead atoms. The molecule has 0 radical (unpaired) electrons. The van der Waals surface area contributed by atoms with Crippen molar-refractivity contribution in [1.82, 2.24) is 0 Å². The van der Waals surface area contributed by atoms with Gasteiger partial charge in [0.1, 0.15) is 0 Å². The third-order valence-electron chi connectivity index (χ3n) is 3.80. The van der Waals surface area contributed by atoms with Crippen LogP contribution in [0.15, 0.2) is 18.2 Å². The lowest BCUT2D eigenvalue weighted by molar-refractivity contribution is 0.0526. The molecule has 1 aromatic carbocycles. The van der Waals surface area contributed by atoms with Gasteiger partial charge in [0.25, 0.3) is 0 Å². The van der Waals surface area contributed by atoms with Crippen LogP contribution in [0, 0.1) is 5.92 Å². The Morgan fingerprint density at radius 1 is 1.48 bits per heavy atom. The van der Waals surface area contributed by atoms with Crippen LogP contribution in [0.3, 0.4) is 0 Å². The zero-order valence-corrected chi connectivity index (χ0v) is 12.8. The maximum atomic E-state index is 11.9. The first-order valence-electron chi connectivity index (χ1n) is 7.46. The van der Waals surface area contributed by atoms with E-state index in [4.69, 9.17) is 15.2 Å². The number of anilines is 2. The van der Waals surface area contributed by atoms with Gasteiger partial charge >= 0.3 is 5.97 Å². The van der Waals surface area contributed by atoms with Gasteiger partial charge < -0.3 is 20.1 Å². The van der Waals surface area contributed by atoms with E-state index in [9.17, 15) is 4.79 Å². The fourth-order valence-electron chi connectivity index (χ4n) is 2.81. The van der Waals surface area contributed by atoms with Crippen molar-refractivity contribution in [3.63, 3.8) is 0 Å². The number of carbonyl (C=O) groups is 1. The Bertz CT molecular complexity index is 488. The molecular formula is C16H24N2O3. The number of esters is 1. The maximum Gasteiger partial charge on any atom is 0.338 e. The summed E-state index contributed by atoms with van der Waals surface area (Å²) in [5.74, 6) is 0.207. The molecule has 2 rings (SSSR count). The van der Waals surface area contributed by atoms with Gasteiger partial charge in [-0.1, -0.05) is 0 Å². The van der Waals surface area contributed by atoms with E-state index >= 15 is 0 Å². The molecule has 0 spiro atoms. The molecule has 21 heavy (non-hydrogen) atoms. The number of hydrogen-bond donors (Lipinski definition) is 1. The zero-order chi connectivity index (χ0) is 15.2. The number of piperidine rings is 1. The summed E-state index contributed by atoms with van der Waals surface area (Å²) in [7, 11) is 1.73. The average molecular weight is 292 g/mol. The number of ether oxygens (including phenoxy) is 2. The van der Waals surface area contributed by atoms with Gasteiger partial charge in [0.2, 0.25) is 0 Å². The number of nitrogens with two attached hydrogens (primary N) is 1. The van der Waals surface area contributed by atoms with Gasteiger partial charge in [-0.05, 0) is 43.9 Å². The number of nitrogens with zero attached hydrogens (tertiary/aromatic N) is 1. The van der Waals surface area contributed by atoms with Crippen molar-refractivity contribution in [2.75, 3.05) is 44.0 Å². The average Bonchev–Trinajstić information content (AvgIpc) is 2.48. The summed E-state index contributed by atoms with van der Waals surface area (Å²) in [6.07, 6.45) is 2.28. The van der Waals surface area contributed by atoms with Crippen molar-refractivity contribution in [2.24, 2.45) is 5.92 Å². The molecule has 1 aliphatic heterocycles. The van der Waals surface area contributed by atoms with Gasteiger partial charge in [-0.3, -0.25) is 0 Å². The number of nitrogen functional groups attached to an aromatic ring is 1. The molecule has 1 aromatic rings. The first kappa shape index (κ1) is 15.6. The third kappa shape index (κ3) is 3.88. The Morgan fingerprint density at radius 3 is 3.00 bits per heavy atom. The topological polar surface area (TPSA) is 64.8 Å². The van der Waals surface area contributed by atoms with Gasteiger partial charge in [-0.2, -0.15) is 0 Å². The summed E-state index contributed by atoms with van der Waals surface area (Å²) in [5, 5.41) is 0. The van der Waals surface area contributed by atoms with Crippen LogP contribution in [0.25, 0.3) is 0 Å². The Balaban J connectivity index is 2.17. The highest BCUT2D eigenvalue weighted by atomic mass is 16.5. The van der Waals surface area contributed by atoms with Crippen LogP contribution >= 0.6 is 0 Å². The summed E-state index contributed by atoms with van der Waals surface area (Å²) in [5.41, 5.74) is 8.25. The van der Waals surface area contributed by atoms with Crippen molar-refractivity contribution >= 4 is 17.3 Å². The van der Waals surface area contributed by atoms with E-state index in [1.54, 1.807) is 26.2 Å². The lowest BCUT2D eigenvalue weighted by atomic mass is 9.98. The minimum atomic E-state index is -0.302. The first-order valence-corrected chi connectivity index (χ1v) is 7.46. The van der Waals surface area contributed by atoms with Crippen LogP contribution in [0.5, 0.6) is 0 Å². The Kier molecular flexibility index (Phi) is 5.44. The standard InChI is InChI=1S/C16H24N2O3/c1-3-21-16(19)13-6-7-14(17)15(9-13)18-8-4-5-12(10-18)11-20-2/h6-7,9,12H,3-5,8,10-11,17H2,1-2H3. The van der Waals surface area contributed by atoms with Gasteiger partial charge in [-0.15, -0.1) is 0 Å². The van der Waals surface area contributed by atoms with E-state index in [2.05, 4.69) is 4.90 Å². The van der Waals surface area contributed by atoms with E-state index in [0.717, 1.165) is 31.8 Å². The Morgan fingerprint density at radius 2 is 2.29 bits per heavy atom. The van der Waals surface area contributed by atoms with Crippen molar-refractivity contribution in [1.29, 1.82) is 0 Å². The van der Waals surface area contributed by atoms with Gasteiger partial charge in [0.15, 0.2) is 0 Å². The van der Waals surface area contributed by atoms with Crippen LogP contribution in [-0.4, -0.2) is 39.4 Å². The summed E-state index contributed by atoms with van der Waals surface area (Å²) < 4.78 is 10.3. The highest BCUT2D eigenvalue weighted by molar-refractivity contribution is 5.92. The largest absolute Gasteiger partial charge is 0.462 e. The number of carbonyl (C=O) groups excluding carboxylic acids is 1. The zero-order valence-electron chi connectivity index (χ0n) is 12.8. The molecule has 1 heterocycles. The molecule has 1 atom stereocenters. The molecule has 0 aliphatic carbocycles. The maximum absolute atomic E-state index is 11.9. The van der Waals surface area contributed by atoms with Crippen molar-refractivity contribution in [3.05, 3.63) is 23.8 Å². The van der Waals surface area contributed by atoms with E-state index in [1.807, 2.05) is 6.07 Å². The quantitative estimate of drug-likeness (QED) is 0.666. The smallest absolute Gasteiger partial charge is 0.338 e. The normalized spacial score (nSPS) is 18.6. The SMILES string of the molecule is CCOC(=O)c1ccc(N)c(N2CCCC(COC)C2)c1. The predicted molar refractivity (Wildman–Crippen MR) is 83.6 cm³/mol. The highest BCUT2D eigenvalue weighted by Gasteiger charge is 2.22. The summed E-state index contributed by atoms with van der Waals surface area (Å²) >= 11 is 0. The van der Waals surface area contributed by atoms with E-state index in [0.29, 0.717) is 23.8 Å². The third-order valence-corrected chi connectivity index (χ3v) is 3.80. The molecular weight excluding hydrogens is 268 g/mol. The molecule has 0 amide bonds. The molecule has 1 unspecified atom stereocenters. The molecule has 116 valence electrons. The van der Waals surface area contributed by atoms with Gasteiger partial charge in [-0.25, -0.2) is 4.79 Å². The number of rotatable bonds is 5.